The highest BCUT2D eigenvalue weighted by Crippen LogP contribution is 2.28. The summed E-state index contributed by atoms with van der Waals surface area (Å²) in [5.41, 5.74) is 0. The fraction of sp³-hybridized carbons (Fsp3) is 0.615. The first-order valence-electron chi connectivity index (χ1n) is 6.30. The highest BCUT2D eigenvalue weighted by atomic mass is 16.8. The van der Waals surface area contributed by atoms with Gasteiger partial charge in [0.05, 0.1) is 6.92 Å². The van der Waals surface area contributed by atoms with Gasteiger partial charge in [-0.15, -0.1) is 0 Å². The molecule has 0 aliphatic carbocycles. The van der Waals surface area contributed by atoms with Gasteiger partial charge in [-0.1, -0.05) is 0 Å². The summed E-state index contributed by atoms with van der Waals surface area (Å²) in [7, 11) is 0. The second kappa shape index (κ2) is 7.74. The third-order valence-electron chi connectivity index (χ3n) is 2.55. The molecule has 122 valence electrons. The van der Waals surface area contributed by atoms with E-state index in [0.717, 1.165) is 13.8 Å². The van der Waals surface area contributed by atoms with Crippen LogP contribution in [0.5, 0.6) is 0 Å². The predicted molar refractivity (Wildman–Crippen MR) is 66.8 cm³/mol. The molecular formula is C13H16O9. The quantitative estimate of drug-likeness (QED) is 0.484. The SMILES string of the molecule is [CH]C(=O)O[C@@H]1O[C@H](COC(C)=O)[C@H](OC(C)=O)C1OC(C)=O. The number of hydrogen-bond donors (Lipinski definition) is 0. The van der Waals surface area contributed by atoms with E-state index in [1.807, 2.05) is 0 Å². The molecule has 0 amide bonds. The van der Waals surface area contributed by atoms with Crippen LogP contribution in [0.1, 0.15) is 20.8 Å². The van der Waals surface area contributed by atoms with E-state index in [2.05, 4.69) is 4.74 Å². The third kappa shape index (κ3) is 5.32. The van der Waals surface area contributed by atoms with Crippen molar-refractivity contribution in [2.45, 2.75) is 45.4 Å². The van der Waals surface area contributed by atoms with Crippen LogP contribution in [0.25, 0.3) is 0 Å². The zero-order valence-corrected chi connectivity index (χ0v) is 12.3. The minimum Gasteiger partial charge on any atom is -0.463 e. The van der Waals surface area contributed by atoms with Crippen molar-refractivity contribution >= 4 is 23.9 Å². The zero-order valence-electron chi connectivity index (χ0n) is 12.3. The van der Waals surface area contributed by atoms with Crippen LogP contribution in [0.3, 0.4) is 0 Å². The average molecular weight is 316 g/mol. The van der Waals surface area contributed by atoms with Gasteiger partial charge < -0.3 is 23.7 Å². The Morgan fingerprint density at radius 1 is 0.909 bits per heavy atom. The minimum absolute atomic E-state index is 0.288. The zero-order chi connectivity index (χ0) is 16.9. The Labute approximate surface area is 126 Å². The molecule has 0 aromatic heterocycles. The topological polar surface area (TPSA) is 114 Å². The highest BCUT2D eigenvalue weighted by Gasteiger charge is 2.51. The first kappa shape index (κ1) is 17.9. The summed E-state index contributed by atoms with van der Waals surface area (Å²) in [6, 6.07) is 0. The Bertz CT molecular complexity index is 458. The molecule has 0 N–H and O–H groups in total. The minimum atomic E-state index is -1.38. The Hall–Kier alpha value is -2.16. The van der Waals surface area contributed by atoms with Crippen molar-refractivity contribution in [2.75, 3.05) is 6.61 Å². The molecule has 1 heterocycles. The Kier molecular flexibility index (Phi) is 6.29. The van der Waals surface area contributed by atoms with Crippen LogP contribution < -0.4 is 0 Å². The first-order valence-corrected chi connectivity index (χ1v) is 6.30. The lowest BCUT2D eigenvalue weighted by Crippen LogP contribution is -2.42. The first-order chi connectivity index (χ1) is 10.2. The number of carbonyl (C=O) groups is 4. The molecule has 1 aliphatic heterocycles. The van der Waals surface area contributed by atoms with Crippen LogP contribution in [0.15, 0.2) is 0 Å². The molecule has 4 atom stereocenters. The lowest BCUT2D eigenvalue weighted by Gasteiger charge is -2.22. The van der Waals surface area contributed by atoms with Crippen molar-refractivity contribution in [1.29, 1.82) is 0 Å². The maximum absolute atomic E-state index is 11.2. The molecule has 0 saturated carbocycles. The molecule has 1 saturated heterocycles. The van der Waals surface area contributed by atoms with Crippen molar-refractivity contribution < 1.29 is 42.9 Å². The van der Waals surface area contributed by atoms with Crippen molar-refractivity contribution in [3.05, 3.63) is 6.92 Å². The summed E-state index contributed by atoms with van der Waals surface area (Å²) in [4.78, 5) is 44.1. The standard InChI is InChI=1S/C13H16O9/c1-6(14)18-5-10-11(19-7(2)15)12(20-8(3)16)13(22-10)21-9(4)17/h4,10-13H,5H2,1-3H3/t10-,11+,12?,13-/m1/s1. The van der Waals surface area contributed by atoms with E-state index in [-0.39, 0.29) is 6.61 Å². The van der Waals surface area contributed by atoms with Crippen LogP contribution in [0.4, 0.5) is 0 Å². The summed E-state index contributed by atoms with van der Waals surface area (Å²) in [5, 5.41) is 0. The molecule has 9 nitrogen and oxygen atoms in total. The monoisotopic (exact) mass is 316 g/mol. The molecule has 1 aliphatic rings. The largest absolute Gasteiger partial charge is 0.463 e. The summed E-state index contributed by atoms with van der Waals surface area (Å²) >= 11 is 0. The van der Waals surface area contributed by atoms with Gasteiger partial charge in [-0.25, -0.2) is 0 Å². The van der Waals surface area contributed by atoms with Crippen LogP contribution in [-0.4, -0.2) is 55.1 Å². The smallest absolute Gasteiger partial charge is 0.313 e. The van der Waals surface area contributed by atoms with Crippen molar-refractivity contribution in [1.82, 2.24) is 0 Å². The van der Waals surface area contributed by atoms with Gasteiger partial charge in [-0.2, -0.15) is 0 Å². The normalized spacial score (nSPS) is 26.9. The fourth-order valence-corrected chi connectivity index (χ4v) is 1.89. The van der Waals surface area contributed by atoms with Gasteiger partial charge in [0.25, 0.3) is 0 Å². The molecular weight excluding hydrogens is 300 g/mol. The van der Waals surface area contributed by atoms with Crippen molar-refractivity contribution in [3.63, 3.8) is 0 Å². The second-order valence-electron chi connectivity index (χ2n) is 4.43. The van der Waals surface area contributed by atoms with Gasteiger partial charge in [0, 0.05) is 20.8 Å². The summed E-state index contributed by atoms with van der Waals surface area (Å²) in [6.07, 6.45) is -4.72. The summed E-state index contributed by atoms with van der Waals surface area (Å²) < 4.78 is 24.7. The van der Waals surface area contributed by atoms with E-state index in [1.54, 1.807) is 0 Å². The maximum atomic E-state index is 11.2. The lowest BCUT2D eigenvalue weighted by molar-refractivity contribution is -0.195. The molecule has 1 fully saturated rings. The molecule has 0 aromatic rings. The third-order valence-corrected chi connectivity index (χ3v) is 2.55. The van der Waals surface area contributed by atoms with E-state index in [0.29, 0.717) is 0 Å². The van der Waals surface area contributed by atoms with Gasteiger partial charge >= 0.3 is 23.9 Å². The lowest BCUT2D eigenvalue weighted by atomic mass is 10.1. The molecule has 1 rings (SSSR count). The van der Waals surface area contributed by atoms with Crippen molar-refractivity contribution in [2.24, 2.45) is 0 Å². The predicted octanol–water partition coefficient (Wildman–Crippen LogP) is -0.608. The van der Waals surface area contributed by atoms with Crippen LogP contribution in [-0.2, 0) is 42.9 Å². The molecule has 2 radical (unpaired) electrons. The van der Waals surface area contributed by atoms with E-state index in [1.165, 1.54) is 6.92 Å². The Morgan fingerprint density at radius 3 is 1.91 bits per heavy atom. The van der Waals surface area contributed by atoms with Gasteiger partial charge in [0.15, 0.2) is 6.10 Å². The highest BCUT2D eigenvalue weighted by molar-refractivity contribution is 5.74. The van der Waals surface area contributed by atoms with E-state index in [9.17, 15) is 19.2 Å². The van der Waals surface area contributed by atoms with Gasteiger partial charge in [-0.05, 0) is 0 Å². The average Bonchev–Trinajstić information content (AvgIpc) is 2.63. The van der Waals surface area contributed by atoms with E-state index in [4.69, 9.17) is 25.9 Å². The Morgan fingerprint density at radius 2 is 1.45 bits per heavy atom. The number of ether oxygens (including phenoxy) is 5. The second-order valence-corrected chi connectivity index (χ2v) is 4.43. The maximum Gasteiger partial charge on any atom is 0.313 e. The van der Waals surface area contributed by atoms with E-state index >= 15 is 0 Å². The van der Waals surface area contributed by atoms with E-state index < -0.39 is 48.5 Å². The molecule has 0 bridgehead atoms. The van der Waals surface area contributed by atoms with Gasteiger partial charge in [0.1, 0.15) is 12.7 Å². The Balaban J connectivity index is 2.94. The molecule has 9 heteroatoms. The number of carbonyl (C=O) groups excluding carboxylic acids is 4. The fourth-order valence-electron chi connectivity index (χ4n) is 1.89. The van der Waals surface area contributed by atoms with Gasteiger partial charge in [0.2, 0.25) is 12.4 Å². The van der Waals surface area contributed by atoms with Crippen molar-refractivity contribution in [3.8, 4) is 0 Å². The number of rotatable bonds is 5. The van der Waals surface area contributed by atoms with Gasteiger partial charge in [-0.3, -0.25) is 19.2 Å². The molecule has 0 aromatic carbocycles. The summed E-state index contributed by atoms with van der Waals surface area (Å²) in [6.45, 7) is 8.05. The molecule has 0 spiro atoms. The number of esters is 4. The molecule has 1 unspecified atom stereocenters. The molecule has 22 heavy (non-hydrogen) atoms. The van der Waals surface area contributed by atoms with Crippen LogP contribution >= 0.6 is 0 Å². The van der Waals surface area contributed by atoms with Crippen LogP contribution in [0, 0.1) is 6.92 Å². The summed E-state index contributed by atoms with van der Waals surface area (Å²) in [5.74, 6) is -3.15. The number of hydrogen-bond acceptors (Lipinski definition) is 9. The van der Waals surface area contributed by atoms with Crippen LogP contribution in [0.2, 0.25) is 0 Å².